The van der Waals surface area contributed by atoms with Crippen molar-refractivity contribution in [2.24, 2.45) is 5.73 Å². The van der Waals surface area contributed by atoms with Crippen LogP contribution in [0.1, 0.15) is 0 Å². The summed E-state index contributed by atoms with van der Waals surface area (Å²) in [5, 5.41) is 18.1. The van der Waals surface area contributed by atoms with Crippen LogP contribution < -0.4 is 5.73 Å². The highest BCUT2D eigenvalue weighted by molar-refractivity contribution is 4.91. The molecule has 0 aromatic heterocycles. The van der Waals surface area contributed by atoms with Crippen molar-refractivity contribution in [3.63, 3.8) is 0 Å². The third kappa shape index (κ3) is 1.15. The van der Waals surface area contributed by atoms with Gasteiger partial charge in [0.15, 0.2) is 0 Å². The Hall–Kier alpha value is -0.160. The van der Waals surface area contributed by atoms with E-state index < -0.39 is 24.4 Å². The molecule has 0 aromatic carbocycles. The van der Waals surface area contributed by atoms with Crippen molar-refractivity contribution in [1.29, 1.82) is 0 Å². The van der Waals surface area contributed by atoms with Crippen LogP contribution in [-0.4, -0.2) is 41.2 Å². The summed E-state index contributed by atoms with van der Waals surface area (Å²) in [7, 11) is 0. The number of nitrogens with two attached hydrogens (primary N) is 1. The minimum Gasteiger partial charge on any atom is -0.388 e. The predicted molar refractivity (Wildman–Crippen MR) is 34.0 cm³/mol. The molecular weight excluding hydrogens is 134 g/mol. The maximum Gasteiger partial charge on any atom is 0.110 e. The van der Waals surface area contributed by atoms with Crippen LogP contribution in [0.15, 0.2) is 0 Å². The van der Waals surface area contributed by atoms with Crippen LogP contribution >= 0.6 is 0 Å². The van der Waals surface area contributed by atoms with E-state index in [1.54, 1.807) is 0 Å². The maximum absolute atomic E-state index is 9.09. The Labute approximate surface area is 59.6 Å². The number of hydrogen-bond acceptors (Lipinski definition) is 4. The standard InChI is InChI=1S/C6H11NO3/c1-3-5(8)6(9)4(2-7)10-3/h1,3-6,8-9H,2,7H2/t3-,4+,5?,6-/m0/s1. The first-order valence-electron chi connectivity index (χ1n) is 3.14. The number of ether oxygens (including phenoxy) is 1. The van der Waals surface area contributed by atoms with E-state index in [4.69, 9.17) is 27.6 Å². The molecule has 1 heterocycles. The van der Waals surface area contributed by atoms with Gasteiger partial charge in [-0.15, -0.1) is 0 Å². The zero-order chi connectivity index (χ0) is 7.72. The van der Waals surface area contributed by atoms with Crippen LogP contribution in [0.4, 0.5) is 0 Å². The van der Waals surface area contributed by atoms with Crippen molar-refractivity contribution in [2.75, 3.05) is 6.54 Å². The molecule has 0 bridgehead atoms. The third-order valence-corrected chi connectivity index (χ3v) is 1.63. The van der Waals surface area contributed by atoms with Crippen LogP contribution in [0, 0.1) is 6.92 Å². The molecular formula is C6H11NO3. The molecule has 1 fully saturated rings. The number of aliphatic hydroxyl groups is 2. The van der Waals surface area contributed by atoms with Crippen molar-refractivity contribution < 1.29 is 14.9 Å². The van der Waals surface area contributed by atoms with Gasteiger partial charge in [0.05, 0.1) is 12.2 Å². The lowest BCUT2D eigenvalue weighted by atomic mass is 10.1. The molecule has 58 valence electrons. The summed E-state index contributed by atoms with van der Waals surface area (Å²) >= 11 is 0. The van der Waals surface area contributed by atoms with Gasteiger partial charge >= 0.3 is 0 Å². The molecule has 2 radical (unpaired) electrons. The Kier molecular flexibility index (Phi) is 2.25. The van der Waals surface area contributed by atoms with Crippen molar-refractivity contribution in [3.8, 4) is 0 Å². The van der Waals surface area contributed by atoms with E-state index in [0.717, 1.165) is 0 Å². The van der Waals surface area contributed by atoms with Crippen LogP contribution in [0.25, 0.3) is 0 Å². The Morgan fingerprint density at radius 1 is 1.40 bits per heavy atom. The third-order valence-electron chi connectivity index (χ3n) is 1.63. The molecule has 1 aliphatic heterocycles. The predicted octanol–water partition coefficient (Wildman–Crippen LogP) is -1.85. The van der Waals surface area contributed by atoms with Crippen molar-refractivity contribution in [3.05, 3.63) is 6.92 Å². The van der Waals surface area contributed by atoms with Gasteiger partial charge in [0.1, 0.15) is 12.2 Å². The van der Waals surface area contributed by atoms with E-state index in [-0.39, 0.29) is 6.54 Å². The molecule has 0 aliphatic carbocycles. The van der Waals surface area contributed by atoms with Crippen LogP contribution in [0.2, 0.25) is 0 Å². The van der Waals surface area contributed by atoms with Crippen LogP contribution in [-0.2, 0) is 4.74 Å². The van der Waals surface area contributed by atoms with Gasteiger partial charge < -0.3 is 20.7 Å². The lowest BCUT2D eigenvalue weighted by Crippen LogP contribution is -2.35. The molecule has 1 unspecified atom stereocenters. The summed E-state index contributed by atoms with van der Waals surface area (Å²) in [5.74, 6) is 0. The highest BCUT2D eigenvalue weighted by atomic mass is 16.5. The zero-order valence-corrected chi connectivity index (χ0v) is 5.47. The van der Waals surface area contributed by atoms with E-state index in [1.165, 1.54) is 0 Å². The molecule has 4 atom stereocenters. The van der Waals surface area contributed by atoms with E-state index in [0.29, 0.717) is 0 Å². The second-order valence-electron chi connectivity index (χ2n) is 2.36. The SMILES string of the molecule is [CH][C@@H]1O[C@H](CN)[C@H](O)C1O. The van der Waals surface area contributed by atoms with Crippen molar-refractivity contribution in [2.45, 2.75) is 24.4 Å². The smallest absolute Gasteiger partial charge is 0.110 e. The van der Waals surface area contributed by atoms with Gasteiger partial charge in [0.2, 0.25) is 0 Å². The lowest BCUT2D eigenvalue weighted by Gasteiger charge is -2.10. The van der Waals surface area contributed by atoms with Gasteiger partial charge in [-0.3, -0.25) is 0 Å². The van der Waals surface area contributed by atoms with E-state index in [1.807, 2.05) is 0 Å². The van der Waals surface area contributed by atoms with Gasteiger partial charge in [-0.25, -0.2) is 0 Å². The number of hydrogen-bond donors (Lipinski definition) is 3. The van der Waals surface area contributed by atoms with Gasteiger partial charge in [0, 0.05) is 6.54 Å². The summed E-state index contributed by atoms with van der Waals surface area (Å²) < 4.78 is 4.89. The minimum atomic E-state index is -1.01. The zero-order valence-electron chi connectivity index (χ0n) is 5.47. The topological polar surface area (TPSA) is 75.7 Å². The fraction of sp³-hybridized carbons (Fsp3) is 0.833. The van der Waals surface area contributed by atoms with Gasteiger partial charge in [-0.1, -0.05) is 0 Å². The van der Waals surface area contributed by atoms with Crippen molar-refractivity contribution >= 4 is 0 Å². The molecule has 0 spiro atoms. The Morgan fingerprint density at radius 2 is 2.00 bits per heavy atom. The molecule has 0 amide bonds. The number of rotatable bonds is 1. The second-order valence-corrected chi connectivity index (χ2v) is 2.36. The summed E-state index contributed by atoms with van der Waals surface area (Å²) in [4.78, 5) is 0. The van der Waals surface area contributed by atoms with E-state index >= 15 is 0 Å². The van der Waals surface area contributed by atoms with Gasteiger partial charge in [-0.2, -0.15) is 0 Å². The summed E-state index contributed by atoms with van der Waals surface area (Å²) in [6, 6.07) is 0. The molecule has 4 nitrogen and oxygen atoms in total. The Bertz CT molecular complexity index is 120. The lowest BCUT2D eigenvalue weighted by molar-refractivity contribution is 0.0265. The first-order chi connectivity index (χ1) is 4.66. The summed E-state index contributed by atoms with van der Waals surface area (Å²) in [5.41, 5.74) is 5.20. The fourth-order valence-electron chi connectivity index (χ4n) is 0.972. The highest BCUT2D eigenvalue weighted by Gasteiger charge is 2.39. The minimum absolute atomic E-state index is 0.173. The summed E-state index contributed by atoms with van der Waals surface area (Å²) in [6.07, 6.45) is -3.28. The number of aliphatic hydroxyl groups excluding tert-OH is 2. The molecule has 10 heavy (non-hydrogen) atoms. The molecule has 0 aromatic rings. The normalized spacial score (nSPS) is 48.0. The van der Waals surface area contributed by atoms with Gasteiger partial charge in [-0.05, 0) is 6.92 Å². The molecule has 4 N–H and O–H groups in total. The molecule has 4 heteroatoms. The van der Waals surface area contributed by atoms with E-state index in [2.05, 4.69) is 0 Å². The maximum atomic E-state index is 9.09. The fourth-order valence-corrected chi connectivity index (χ4v) is 0.972. The summed E-state index contributed by atoms with van der Waals surface area (Å²) in [6.45, 7) is 5.42. The Balaban J connectivity index is 2.53. The second kappa shape index (κ2) is 2.84. The average Bonchev–Trinajstić information content (AvgIpc) is 2.17. The van der Waals surface area contributed by atoms with Gasteiger partial charge in [0.25, 0.3) is 0 Å². The molecule has 1 saturated heterocycles. The first-order valence-corrected chi connectivity index (χ1v) is 3.14. The quantitative estimate of drug-likeness (QED) is 0.404. The van der Waals surface area contributed by atoms with Crippen LogP contribution in [0.5, 0.6) is 0 Å². The van der Waals surface area contributed by atoms with E-state index in [9.17, 15) is 0 Å². The molecule has 0 saturated carbocycles. The first kappa shape index (κ1) is 7.94. The van der Waals surface area contributed by atoms with Crippen LogP contribution in [0.3, 0.4) is 0 Å². The Morgan fingerprint density at radius 3 is 2.20 bits per heavy atom. The monoisotopic (exact) mass is 145 g/mol. The largest absolute Gasteiger partial charge is 0.388 e. The van der Waals surface area contributed by atoms with Crippen molar-refractivity contribution in [1.82, 2.24) is 0 Å². The molecule has 1 aliphatic rings. The highest BCUT2D eigenvalue weighted by Crippen LogP contribution is 2.19. The molecule has 1 rings (SSSR count). The average molecular weight is 145 g/mol.